The summed E-state index contributed by atoms with van der Waals surface area (Å²) in [5.74, 6) is 1.47. The number of hydrogen-bond donors (Lipinski definition) is 1. The van der Waals surface area contributed by atoms with Crippen molar-refractivity contribution in [1.29, 1.82) is 0 Å². The van der Waals surface area contributed by atoms with E-state index in [-0.39, 0.29) is 11.8 Å². The average Bonchev–Trinajstić information content (AvgIpc) is 2.25. The summed E-state index contributed by atoms with van der Waals surface area (Å²) >= 11 is 0. The molecule has 0 radical (unpaired) electrons. The molecule has 6 nitrogen and oxygen atoms in total. The van der Waals surface area contributed by atoms with Gasteiger partial charge in [0.05, 0.1) is 5.75 Å². The summed E-state index contributed by atoms with van der Waals surface area (Å²) in [6.45, 7) is 4.17. The van der Waals surface area contributed by atoms with Gasteiger partial charge in [-0.15, -0.1) is 0 Å². The zero-order valence-electron chi connectivity index (χ0n) is 11.8. The Bertz CT molecular complexity index is 517. The van der Waals surface area contributed by atoms with E-state index >= 15 is 0 Å². The van der Waals surface area contributed by atoms with Crippen molar-refractivity contribution in [3.63, 3.8) is 0 Å². The number of nitrogens with one attached hydrogen (secondary N) is 1. The second kappa shape index (κ2) is 6.81. The molecule has 0 aliphatic rings. The normalized spacial score (nSPS) is 13.3. The lowest BCUT2D eigenvalue weighted by Crippen LogP contribution is -2.20. The van der Waals surface area contributed by atoms with Gasteiger partial charge in [0.25, 0.3) is 0 Å². The molecule has 1 rings (SSSR count). The molecule has 0 saturated carbocycles. The molecule has 0 spiro atoms. The predicted molar refractivity (Wildman–Crippen MR) is 74.9 cm³/mol. The molecule has 1 atom stereocenters. The highest BCUT2D eigenvalue weighted by atomic mass is 32.2. The first kappa shape index (κ1) is 15.8. The fraction of sp³-hybridized carbons (Fsp3) is 0.667. The molecule has 108 valence electrons. The van der Waals surface area contributed by atoms with E-state index in [4.69, 9.17) is 4.74 Å². The molecule has 1 heterocycles. The first-order valence-corrected chi connectivity index (χ1v) is 8.14. The molecule has 0 aliphatic heterocycles. The lowest BCUT2D eigenvalue weighted by Gasteiger charge is -2.15. The van der Waals surface area contributed by atoms with Crippen molar-refractivity contribution in [2.75, 3.05) is 24.4 Å². The van der Waals surface area contributed by atoms with Crippen molar-refractivity contribution in [2.24, 2.45) is 0 Å². The number of nitrogens with zero attached hydrogens (tertiary/aromatic N) is 2. The van der Waals surface area contributed by atoms with Gasteiger partial charge in [-0.05, 0) is 20.3 Å². The maximum absolute atomic E-state index is 11.1. The van der Waals surface area contributed by atoms with Crippen molar-refractivity contribution >= 4 is 15.7 Å². The summed E-state index contributed by atoms with van der Waals surface area (Å²) in [6.07, 6.45) is 1.78. The van der Waals surface area contributed by atoms with Crippen LogP contribution in [0.1, 0.15) is 24.9 Å². The number of anilines is 1. The van der Waals surface area contributed by atoms with E-state index < -0.39 is 9.84 Å². The van der Waals surface area contributed by atoms with Gasteiger partial charge in [0.2, 0.25) is 0 Å². The van der Waals surface area contributed by atoms with E-state index in [9.17, 15) is 8.42 Å². The Morgan fingerprint density at radius 3 is 2.68 bits per heavy atom. The zero-order chi connectivity index (χ0) is 14.5. The van der Waals surface area contributed by atoms with Gasteiger partial charge < -0.3 is 10.1 Å². The maximum atomic E-state index is 11.1. The van der Waals surface area contributed by atoms with E-state index in [1.807, 2.05) is 19.9 Å². The van der Waals surface area contributed by atoms with Gasteiger partial charge in [0.15, 0.2) is 5.82 Å². The largest absolute Gasteiger partial charge is 0.377 e. The van der Waals surface area contributed by atoms with Crippen LogP contribution in [-0.2, 0) is 21.2 Å². The Morgan fingerprint density at radius 2 is 2.11 bits per heavy atom. The van der Waals surface area contributed by atoms with Crippen molar-refractivity contribution in [1.82, 2.24) is 9.97 Å². The number of hydrogen-bond acceptors (Lipinski definition) is 6. The van der Waals surface area contributed by atoms with E-state index in [0.29, 0.717) is 24.7 Å². The van der Waals surface area contributed by atoms with Crippen LogP contribution in [-0.4, -0.2) is 43.5 Å². The van der Waals surface area contributed by atoms with Gasteiger partial charge in [0.1, 0.15) is 22.3 Å². The Labute approximate surface area is 114 Å². The number of methoxy groups -OCH3 is 1. The third-order valence-electron chi connectivity index (χ3n) is 2.49. The Kier molecular flexibility index (Phi) is 5.68. The summed E-state index contributed by atoms with van der Waals surface area (Å²) in [4.78, 5) is 8.56. The van der Waals surface area contributed by atoms with Crippen LogP contribution in [0.25, 0.3) is 0 Å². The summed E-state index contributed by atoms with van der Waals surface area (Å²) in [5.41, 5.74) is 0.847. The van der Waals surface area contributed by atoms with Crippen LogP contribution in [0.15, 0.2) is 6.07 Å². The zero-order valence-corrected chi connectivity index (χ0v) is 12.6. The minimum absolute atomic E-state index is 0.0272. The van der Waals surface area contributed by atoms with Crippen LogP contribution in [0, 0.1) is 6.92 Å². The quantitative estimate of drug-likeness (QED) is 0.810. The molecular formula is C12H21N3O3S. The van der Waals surface area contributed by atoms with Crippen LogP contribution in [0.2, 0.25) is 0 Å². The van der Waals surface area contributed by atoms with Gasteiger partial charge in [0, 0.05) is 31.2 Å². The highest BCUT2D eigenvalue weighted by molar-refractivity contribution is 7.90. The lowest BCUT2D eigenvalue weighted by atomic mass is 10.2. The second-order valence-electron chi connectivity index (χ2n) is 4.71. The molecule has 0 aliphatic carbocycles. The molecule has 1 N–H and O–H groups in total. The average molecular weight is 287 g/mol. The minimum atomic E-state index is -2.93. The second-order valence-corrected chi connectivity index (χ2v) is 6.97. The molecule has 0 saturated heterocycles. The van der Waals surface area contributed by atoms with Crippen molar-refractivity contribution in [3.8, 4) is 0 Å². The minimum Gasteiger partial charge on any atom is -0.377 e. The lowest BCUT2D eigenvalue weighted by molar-refractivity contribution is 0.177. The van der Waals surface area contributed by atoms with Crippen LogP contribution >= 0.6 is 0 Å². The van der Waals surface area contributed by atoms with E-state index in [1.165, 1.54) is 6.26 Å². The number of aromatic nitrogens is 2. The third kappa shape index (κ3) is 6.49. The molecule has 1 unspecified atom stereocenters. The van der Waals surface area contributed by atoms with Crippen LogP contribution in [0.5, 0.6) is 0 Å². The van der Waals surface area contributed by atoms with Gasteiger partial charge in [-0.2, -0.15) is 0 Å². The molecule has 7 heteroatoms. The Morgan fingerprint density at radius 1 is 1.42 bits per heavy atom. The highest BCUT2D eigenvalue weighted by Crippen LogP contribution is 2.10. The van der Waals surface area contributed by atoms with Crippen LogP contribution < -0.4 is 5.32 Å². The molecule has 0 fully saturated rings. The number of sulfone groups is 1. The fourth-order valence-electron chi connectivity index (χ4n) is 1.61. The van der Waals surface area contributed by atoms with Gasteiger partial charge >= 0.3 is 0 Å². The molecular weight excluding hydrogens is 266 g/mol. The van der Waals surface area contributed by atoms with Crippen molar-refractivity contribution in [3.05, 3.63) is 17.6 Å². The monoisotopic (exact) mass is 287 g/mol. The molecule has 19 heavy (non-hydrogen) atoms. The maximum Gasteiger partial charge on any atom is 0.156 e. The summed E-state index contributed by atoms with van der Waals surface area (Å²) < 4.78 is 27.2. The Hall–Kier alpha value is -1.21. The fourth-order valence-corrected chi connectivity index (χ4v) is 2.39. The highest BCUT2D eigenvalue weighted by Gasteiger charge is 2.09. The first-order valence-electron chi connectivity index (χ1n) is 6.08. The predicted octanol–water partition coefficient (Wildman–Crippen LogP) is 1.17. The van der Waals surface area contributed by atoms with Gasteiger partial charge in [-0.3, -0.25) is 0 Å². The van der Waals surface area contributed by atoms with Crippen molar-refractivity contribution in [2.45, 2.75) is 32.9 Å². The number of ether oxygens (including phenoxy) is 1. The molecule has 0 aromatic carbocycles. The summed E-state index contributed by atoms with van der Waals surface area (Å²) in [7, 11) is -1.34. The first-order chi connectivity index (χ1) is 8.80. The molecule has 0 bridgehead atoms. The van der Waals surface area contributed by atoms with Crippen LogP contribution in [0.3, 0.4) is 0 Å². The van der Waals surface area contributed by atoms with Crippen LogP contribution in [0.4, 0.5) is 5.82 Å². The standard InChI is InChI=1S/C12H21N3O3S/c1-9(5-6-19(4,16)17)13-11-7-10(2)14-12(15-11)8-18-3/h7,9H,5-6,8H2,1-4H3,(H,13,14,15). The summed E-state index contributed by atoms with van der Waals surface area (Å²) in [5, 5.41) is 3.18. The smallest absolute Gasteiger partial charge is 0.156 e. The van der Waals surface area contributed by atoms with E-state index in [0.717, 1.165) is 5.69 Å². The molecule has 1 aromatic rings. The Balaban J connectivity index is 2.65. The summed E-state index contributed by atoms with van der Waals surface area (Å²) in [6, 6.07) is 1.86. The SMILES string of the molecule is COCc1nc(C)cc(NC(C)CCS(C)(=O)=O)n1. The number of rotatable bonds is 7. The van der Waals surface area contributed by atoms with Gasteiger partial charge in [-0.25, -0.2) is 18.4 Å². The number of aryl methyl sites for hydroxylation is 1. The third-order valence-corrected chi connectivity index (χ3v) is 3.47. The van der Waals surface area contributed by atoms with E-state index in [1.54, 1.807) is 7.11 Å². The van der Waals surface area contributed by atoms with Crippen molar-refractivity contribution < 1.29 is 13.2 Å². The topological polar surface area (TPSA) is 81.2 Å². The van der Waals surface area contributed by atoms with Gasteiger partial charge in [-0.1, -0.05) is 0 Å². The van der Waals surface area contributed by atoms with E-state index in [2.05, 4.69) is 15.3 Å². The molecule has 0 amide bonds. The molecule has 1 aromatic heterocycles.